The van der Waals surface area contributed by atoms with E-state index >= 15 is 0 Å². The summed E-state index contributed by atoms with van der Waals surface area (Å²) in [5.41, 5.74) is 0.165. The third-order valence-electron chi connectivity index (χ3n) is 4.42. The lowest BCUT2D eigenvalue weighted by molar-refractivity contribution is -0.763. The van der Waals surface area contributed by atoms with E-state index in [4.69, 9.17) is 9.47 Å². The second-order valence-electron chi connectivity index (χ2n) is 8.07. The van der Waals surface area contributed by atoms with Gasteiger partial charge in [-0.3, -0.25) is 4.79 Å². The van der Waals surface area contributed by atoms with Crippen LogP contribution >= 0.6 is 0 Å². The predicted octanol–water partition coefficient (Wildman–Crippen LogP) is 2.07. The molecule has 0 aromatic heterocycles. The van der Waals surface area contributed by atoms with Crippen molar-refractivity contribution in [2.45, 2.75) is 51.9 Å². The monoisotopic (exact) mass is 437 g/mol. The third kappa shape index (κ3) is 8.49. The van der Waals surface area contributed by atoms with Gasteiger partial charge in [-0.1, -0.05) is 12.1 Å². The summed E-state index contributed by atoms with van der Waals surface area (Å²) in [6, 6.07) is 5.81. The second kappa shape index (κ2) is 10.6. The SMILES string of the molecule is CC(C)(C)OC(=O)NC1CCN(C(=O)COC(=O)c2ccc(CO[N+](=O)[O-])cc2)CC1. The Kier molecular flexibility index (Phi) is 8.17. The molecule has 1 aromatic rings. The largest absolute Gasteiger partial charge is 0.452 e. The maximum Gasteiger partial charge on any atom is 0.407 e. The molecule has 1 aliphatic heterocycles. The minimum absolute atomic E-state index is 0.0840. The number of carbonyl (C=O) groups excluding carboxylic acids is 3. The van der Waals surface area contributed by atoms with Crippen LogP contribution in [0.5, 0.6) is 0 Å². The van der Waals surface area contributed by atoms with Gasteiger partial charge in [0, 0.05) is 19.1 Å². The molecule has 0 spiro atoms. The van der Waals surface area contributed by atoms with Crippen LogP contribution in [-0.4, -0.2) is 59.3 Å². The molecule has 1 saturated heterocycles. The normalized spacial score (nSPS) is 14.5. The number of carbonyl (C=O) groups is 3. The van der Waals surface area contributed by atoms with Gasteiger partial charge in [0.1, 0.15) is 12.2 Å². The Morgan fingerprint density at radius 3 is 2.32 bits per heavy atom. The van der Waals surface area contributed by atoms with Crippen molar-refractivity contribution in [2.24, 2.45) is 0 Å². The van der Waals surface area contributed by atoms with Gasteiger partial charge >= 0.3 is 12.1 Å². The fourth-order valence-electron chi connectivity index (χ4n) is 2.91. The summed E-state index contributed by atoms with van der Waals surface area (Å²) in [5, 5.41) is 12.1. The van der Waals surface area contributed by atoms with Crippen molar-refractivity contribution in [3.8, 4) is 0 Å². The fraction of sp³-hybridized carbons (Fsp3) is 0.550. The van der Waals surface area contributed by atoms with Crippen LogP contribution in [-0.2, 0) is 25.7 Å². The van der Waals surface area contributed by atoms with E-state index in [-0.39, 0.29) is 24.1 Å². The minimum Gasteiger partial charge on any atom is -0.452 e. The van der Waals surface area contributed by atoms with Gasteiger partial charge in [0.2, 0.25) is 0 Å². The Bertz CT molecular complexity index is 796. The van der Waals surface area contributed by atoms with E-state index in [9.17, 15) is 24.5 Å². The van der Waals surface area contributed by atoms with Gasteiger partial charge in [0.25, 0.3) is 11.0 Å². The molecule has 1 aromatic carbocycles. The molecule has 2 amide bonds. The number of alkyl carbamates (subject to hydrolysis) is 1. The van der Waals surface area contributed by atoms with E-state index in [2.05, 4.69) is 10.2 Å². The smallest absolute Gasteiger partial charge is 0.407 e. The summed E-state index contributed by atoms with van der Waals surface area (Å²) in [4.78, 5) is 52.3. The van der Waals surface area contributed by atoms with Crippen LogP contribution in [0.15, 0.2) is 24.3 Å². The van der Waals surface area contributed by atoms with E-state index in [1.165, 1.54) is 24.3 Å². The Hall–Kier alpha value is -3.37. The topological polar surface area (TPSA) is 137 Å². The highest BCUT2D eigenvalue weighted by molar-refractivity contribution is 5.91. The quantitative estimate of drug-likeness (QED) is 0.389. The van der Waals surface area contributed by atoms with E-state index < -0.39 is 29.4 Å². The van der Waals surface area contributed by atoms with E-state index in [1.807, 2.05) is 0 Å². The number of ether oxygens (including phenoxy) is 2. The van der Waals surface area contributed by atoms with Crippen LogP contribution in [0.25, 0.3) is 0 Å². The second-order valence-corrected chi connectivity index (χ2v) is 8.07. The van der Waals surface area contributed by atoms with Crippen LogP contribution in [0, 0.1) is 10.1 Å². The number of esters is 1. The van der Waals surface area contributed by atoms with Crippen LogP contribution in [0.3, 0.4) is 0 Å². The van der Waals surface area contributed by atoms with Gasteiger partial charge in [0.05, 0.1) is 5.56 Å². The molecular weight excluding hydrogens is 410 g/mol. The molecule has 0 bridgehead atoms. The number of piperidine rings is 1. The minimum atomic E-state index is -0.899. The van der Waals surface area contributed by atoms with Gasteiger partial charge in [0.15, 0.2) is 6.61 Å². The highest BCUT2D eigenvalue weighted by atomic mass is 16.9. The molecule has 31 heavy (non-hydrogen) atoms. The molecule has 11 heteroatoms. The zero-order chi connectivity index (χ0) is 23.0. The Morgan fingerprint density at radius 2 is 1.77 bits per heavy atom. The molecular formula is C20H27N3O8. The lowest BCUT2D eigenvalue weighted by atomic mass is 10.1. The summed E-state index contributed by atoms with van der Waals surface area (Å²) in [6.45, 7) is 5.61. The number of hydrogen-bond acceptors (Lipinski definition) is 8. The van der Waals surface area contributed by atoms with Crippen LogP contribution in [0.4, 0.5) is 4.79 Å². The molecule has 1 heterocycles. The van der Waals surface area contributed by atoms with E-state index in [1.54, 1.807) is 25.7 Å². The van der Waals surface area contributed by atoms with Gasteiger partial charge in [-0.05, 0) is 51.3 Å². The van der Waals surface area contributed by atoms with Crippen molar-refractivity contribution in [1.82, 2.24) is 10.2 Å². The zero-order valence-electron chi connectivity index (χ0n) is 17.8. The zero-order valence-corrected chi connectivity index (χ0v) is 17.8. The molecule has 0 saturated carbocycles. The lowest BCUT2D eigenvalue weighted by Crippen LogP contribution is -2.48. The number of hydrogen-bond donors (Lipinski definition) is 1. The van der Waals surface area contributed by atoms with Crippen molar-refractivity contribution < 1.29 is 33.8 Å². The first-order valence-corrected chi connectivity index (χ1v) is 9.84. The van der Waals surface area contributed by atoms with Crippen LogP contribution in [0.1, 0.15) is 49.5 Å². The van der Waals surface area contributed by atoms with Crippen molar-refractivity contribution in [3.63, 3.8) is 0 Å². The number of nitrogens with zero attached hydrogens (tertiary/aromatic N) is 2. The molecule has 0 atom stereocenters. The van der Waals surface area contributed by atoms with E-state index in [0.29, 0.717) is 31.5 Å². The number of amides is 2. The van der Waals surface area contributed by atoms with Crippen LogP contribution < -0.4 is 5.32 Å². The maximum absolute atomic E-state index is 12.3. The number of likely N-dealkylation sites (tertiary alicyclic amines) is 1. The highest BCUT2D eigenvalue weighted by Crippen LogP contribution is 2.13. The van der Waals surface area contributed by atoms with Gasteiger partial charge < -0.3 is 24.5 Å². The number of benzene rings is 1. The lowest BCUT2D eigenvalue weighted by Gasteiger charge is -2.32. The molecule has 0 unspecified atom stereocenters. The Balaban J connectivity index is 1.72. The average Bonchev–Trinajstić information content (AvgIpc) is 2.69. The summed E-state index contributed by atoms with van der Waals surface area (Å²) in [5.74, 6) is -0.989. The predicted molar refractivity (Wildman–Crippen MR) is 107 cm³/mol. The molecule has 11 nitrogen and oxygen atoms in total. The van der Waals surface area contributed by atoms with Gasteiger partial charge in [-0.25, -0.2) is 9.59 Å². The number of rotatable bonds is 7. The third-order valence-corrected chi connectivity index (χ3v) is 4.42. The molecule has 1 aliphatic rings. The van der Waals surface area contributed by atoms with Gasteiger partial charge in [-0.2, -0.15) is 0 Å². The van der Waals surface area contributed by atoms with Crippen molar-refractivity contribution in [3.05, 3.63) is 45.5 Å². The molecule has 2 rings (SSSR count). The summed E-state index contributed by atoms with van der Waals surface area (Å²) < 4.78 is 10.3. The maximum atomic E-state index is 12.3. The first-order valence-electron chi connectivity index (χ1n) is 9.84. The first kappa shape index (κ1) is 23.9. The van der Waals surface area contributed by atoms with Gasteiger partial charge in [-0.15, -0.1) is 10.1 Å². The average molecular weight is 437 g/mol. The van der Waals surface area contributed by atoms with Crippen molar-refractivity contribution >= 4 is 18.0 Å². The van der Waals surface area contributed by atoms with Crippen molar-refractivity contribution in [1.29, 1.82) is 0 Å². The summed E-state index contributed by atoms with van der Waals surface area (Å²) >= 11 is 0. The summed E-state index contributed by atoms with van der Waals surface area (Å²) in [7, 11) is 0. The van der Waals surface area contributed by atoms with Crippen molar-refractivity contribution in [2.75, 3.05) is 19.7 Å². The molecule has 1 fully saturated rings. The van der Waals surface area contributed by atoms with E-state index in [0.717, 1.165) is 0 Å². The summed E-state index contributed by atoms with van der Waals surface area (Å²) in [6.07, 6.45) is 0.668. The Labute approximate surface area is 179 Å². The van der Waals surface area contributed by atoms with Crippen LogP contribution in [0.2, 0.25) is 0 Å². The Morgan fingerprint density at radius 1 is 1.16 bits per heavy atom. The molecule has 170 valence electrons. The molecule has 1 N–H and O–H groups in total. The first-order chi connectivity index (χ1) is 14.5. The number of nitrogens with one attached hydrogen (secondary N) is 1. The highest BCUT2D eigenvalue weighted by Gasteiger charge is 2.26. The fourth-order valence-corrected chi connectivity index (χ4v) is 2.91. The standard InChI is InChI=1S/C20H27N3O8/c1-20(2,3)31-19(26)21-16-8-10-22(11-9-16)17(24)13-29-18(25)15-6-4-14(5-7-15)12-30-23(27)28/h4-7,16H,8-13H2,1-3H3,(H,21,26). The molecule has 0 aliphatic carbocycles. The molecule has 0 radical (unpaired) electrons.